The minimum atomic E-state index is 0.287. The average Bonchev–Trinajstić information content (AvgIpc) is 3.43. The minimum absolute atomic E-state index is 0.287. The first-order valence-corrected chi connectivity index (χ1v) is 20.0. The van der Waals surface area contributed by atoms with Gasteiger partial charge in [-0.05, 0) is 113 Å². The molecule has 4 nitrogen and oxygen atoms in total. The third kappa shape index (κ3) is 9.84. The highest BCUT2D eigenvalue weighted by atomic mass is 16.5. The van der Waals surface area contributed by atoms with E-state index in [1.54, 1.807) is 0 Å². The fourth-order valence-electron chi connectivity index (χ4n) is 7.51. The summed E-state index contributed by atoms with van der Waals surface area (Å²) in [4.78, 5) is 0. The second-order valence-electron chi connectivity index (χ2n) is 15.0. The van der Waals surface area contributed by atoms with Crippen molar-refractivity contribution in [2.24, 2.45) is 5.41 Å². The number of ether oxygens (including phenoxy) is 4. The summed E-state index contributed by atoms with van der Waals surface area (Å²) in [5.41, 5.74) is 10.8. The molecular formula is C47H60O4. The zero-order valence-corrected chi connectivity index (χ0v) is 31.5. The van der Waals surface area contributed by atoms with Crippen LogP contribution in [0, 0.1) is 5.41 Å². The van der Waals surface area contributed by atoms with Crippen LogP contribution in [-0.2, 0) is 9.47 Å². The Bertz CT molecular complexity index is 1630. The first kappa shape index (κ1) is 37.2. The minimum Gasteiger partial charge on any atom is -0.494 e. The normalized spacial score (nSPS) is 15.6. The quantitative estimate of drug-likeness (QED) is 0.0770. The van der Waals surface area contributed by atoms with Gasteiger partial charge in [-0.15, -0.1) is 0 Å². The highest BCUT2D eigenvalue weighted by Crippen LogP contribution is 2.47. The Labute approximate surface area is 307 Å². The maximum Gasteiger partial charge on any atom is 0.119 e. The number of rotatable bonds is 22. The maximum atomic E-state index is 6.08. The molecule has 1 fully saturated rings. The van der Waals surface area contributed by atoms with Crippen LogP contribution in [0.4, 0.5) is 0 Å². The van der Waals surface area contributed by atoms with E-state index in [2.05, 4.69) is 106 Å². The molecule has 1 aliphatic carbocycles. The Balaban J connectivity index is 0.943. The lowest BCUT2D eigenvalue weighted by Crippen LogP contribution is -2.45. The first-order chi connectivity index (χ1) is 25.1. The first-order valence-electron chi connectivity index (χ1n) is 20.0. The van der Waals surface area contributed by atoms with Gasteiger partial charge in [-0.2, -0.15) is 0 Å². The van der Waals surface area contributed by atoms with Gasteiger partial charge in [-0.3, -0.25) is 0 Å². The molecule has 4 aromatic rings. The van der Waals surface area contributed by atoms with Crippen molar-refractivity contribution in [2.75, 3.05) is 39.6 Å². The molecule has 0 saturated carbocycles. The molecule has 0 radical (unpaired) electrons. The fourth-order valence-corrected chi connectivity index (χ4v) is 7.51. The van der Waals surface area contributed by atoms with Gasteiger partial charge in [0.05, 0.1) is 33.0 Å². The van der Waals surface area contributed by atoms with Crippen molar-refractivity contribution in [2.45, 2.75) is 104 Å². The lowest BCUT2D eigenvalue weighted by atomic mass is 9.84. The van der Waals surface area contributed by atoms with Crippen molar-refractivity contribution in [3.8, 4) is 44.9 Å². The molecule has 0 bridgehead atoms. The SMILES string of the molecule is CCCCCCCCCOc1ccc(-c2ccc3c(c2)C(C)c2cc(-c4ccc(OCCCCCCOCC5(CC)COC5)cc4)ccc2-3)cc1. The zero-order valence-electron chi connectivity index (χ0n) is 31.5. The highest BCUT2D eigenvalue weighted by molar-refractivity contribution is 5.84. The Morgan fingerprint density at radius 1 is 0.549 bits per heavy atom. The summed E-state index contributed by atoms with van der Waals surface area (Å²) < 4.78 is 23.5. The third-order valence-electron chi connectivity index (χ3n) is 11.1. The summed E-state index contributed by atoms with van der Waals surface area (Å²) in [5, 5.41) is 0. The van der Waals surface area contributed by atoms with Crippen LogP contribution < -0.4 is 9.47 Å². The summed E-state index contributed by atoms with van der Waals surface area (Å²) in [6.07, 6.45) is 14.8. The van der Waals surface area contributed by atoms with Gasteiger partial charge in [-0.25, -0.2) is 0 Å². The van der Waals surface area contributed by atoms with E-state index in [-0.39, 0.29) is 5.41 Å². The largest absolute Gasteiger partial charge is 0.494 e. The van der Waals surface area contributed by atoms with Crippen molar-refractivity contribution in [1.29, 1.82) is 0 Å². The van der Waals surface area contributed by atoms with E-state index >= 15 is 0 Å². The predicted octanol–water partition coefficient (Wildman–Crippen LogP) is 12.7. The molecule has 0 N–H and O–H groups in total. The van der Waals surface area contributed by atoms with Gasteiger partial charge in [0.1, 0.15) is 11.5 Å². The topological polar surface area (TPSA) is 36.9 Å². The van der Waals surface area contributed by atoms with Crippen LogP contribution in [0.1, 0.15) is 115 Å². The molecule has 2 aliphatic rings. The summed E-state index contributed by atoms with van der Waals surface area (Å²) in [7, 11) is 0. The molecule has 6 rings (SSSR count). The van der Waals surface area contributed by atoms with E-state index in [1.165, 1.54) is 95.9 Å². The molecular weight excluding hydrogens is 629 g/mol. The number of hydrogen-bond acceptors (Lipinski definition) is 4. The fraction of sp³-hybridized carbons (Fsp3) is 0.489. The van der Waals surface area contributed by atoms with Crippen LogP contribution in [0.5, 0.6) is 11.5 Å². The van der Waals surface area contributed by atoms with Crippen molar-refractivity contribution < 1.29 is 18.9 Å². The summed E-state index contributed by atoms with van der Waals surface area (Å²) >= 11 is 0. The summed E-state index contributed by atoms with van der Waals surface area (Å²) in [5.74, 6) is 2.25. The molecule has 1 aliphatic heterocycles. The average molecular weight is 689 g/mol. The van der Waals surface area contributed by atoms with E-state index in [4.69, 9.17) is 18.9 Å². The van der Waals surface area contributed by atoms with Crippen LogP contribution >= 0.6 is 0 Å². The van der Waals surface area contributed by atoms with Crippen molar-refractivity contribution in [3.63, 3.8) is 0 Å². The van der Waals surface area contributed by atoms with Gasteiger partial charge in [-0.1, -0.05) is 114 Å². The lowest BCUT2D eigenvalue weighted by Gasteiger charge is -2.40. The van der Waals surface area contributed by atoms with Gasteiger partial charge >= 0.3 is 0 Å². The molecule has 1 unspecified atom stereocenters. The number of unbranched alkanes of at least 4 members (excludes halogenated alkanes) is 9. The molecule has 1 atom stereocenters. The third-order valence-corrected chi connectivity index (χ3v) is 11.1. The number of hydrogen-bond donors (Lipinski definition) is 0. The van der Waals surface area contributed by atoms with Crippen LogP contribution in [0.3, 0.4) is 0 Å². The second kappa shape index (κ2) is 18.8. The van der Waals surface area contributed by atoms with Crippen molar-refractivity contribution in [3.05, 3.63) is 96.1 Å². The van der Waals surface area contributed by atoms with Crippen molar-refractivity contribution in [1.82, 2.24) is 0 Å². The van der Waals surface area contributed by atoms with E-state index in [0.29, 0.717) is 5.92 Å². The van der Waals surface area contributed by atoms with Gasteiger partial charge in [0.2, 0.25) is 0 Å². The van der Waals surface area contributed by atoms with Crippen LogP contribution in [0.2, 0.25) is 0 Å². The van der Waals surface area contributed by atoms with E-state index in [1.807, 2.05) is 0 Å². The molecule has 1 saturated heterocycles. The van der Waals surface area contributed by atoms with E-state index < -0.39 is 0 Å². The molecule has 0 aromatic heterocycles. The second-order valence-corrected chi connectivity index (χ2v) is 15.0. The van der Waals surface area contributed by atoms with Gasteiger partial charge < -0.3 is 18.9 Å². The van der Waals surface area contributed by atoms with Gasteiger partial charge in [0, 0.05) is 17.9 Å². The Morgan fingerprint density at radius 3 is 1.45 bits per heavy atom. The maximum absolute atomic E-state index is 6.08. The Morgan fingerprint density at radius 2 is 1.00 bits per heavy atom. The molecule has 1 heterocycles. The smallest absolute Gasteiger partial charge is 0.119 e. The van der Waals surface area contributed by atoms with Crippen LogP contribution in [0.25, 0.3) is 33.4 Å². The van der Waals surface area contributed by atoms with E-state index in [9.17, 15) is 0 Å². The summed E-state index contributed by atoms with van der Waals surface area (Å²) in [6, 6.07) is 31.2. The lowest BCUT2D eigenvalue weighted by molar-refractivity contribution is -0.150. The monoisotopic (exact) mass is 688 g/mol. The Hall–Kier alpha value is -3.60. The standard InChI is InChI=1S/C47H60O4/c1-4-6-7-8-9-10-14-29-50-41-22-16-37(17-23-41)39-20-26-43-44-27-21-40(32-46(44)36(3)45(43)31-39)38-18-24-42(25-19-38)51-30-15-12-11-13-28-48-33-47(5-2)34-49-35-47/h16-27,31-32,36H,4-15,28-30,33-35H2,1-3H3. The molecule has 0 spiro atoms. The number of benzene rings is 4. The van der Waals surface area contributed by atoms with E-state index in [0.717, 1.165) is 76.8 Å². The van der Waals surface area contributed by atoms with Gasteiger partial charge in [0.25, 0.3) is 0 Å². The predicted molar refractivity (Wildman–Crippen MR) is 212 cm³/mol. The van der Waals surface area contributed by atoms with Gasteiger partial charge in [0.15, 0.2) is 0 Å². The molecule has 4 aromatic carbocycles. The van der Waals surface area contributed by atoms with Crippen LogP contribution in [-0.4, -0.2) is 39.6 Å². The molecule has 0 amide bonds. The van der Waals surface area contributed by atoms with Crippen molar-refractivity contribution >= 4 is 0 Å². The molecule has 4 heteroatoms. The molecule has 51 heavy (non-hydrogen) atoms. The zero-order chi connectivity index (χ0) is 35.3. The summed E-state index contributed by atoms with van der Waals surface area (Å²) in [6.45, 7) is 11.8. The molecule has 272 valence electrons. The number of fused-ring (bicyclic) bond motifs is 3. The van der Waals surface area contributed by atoms with Crippen LogP contribution in [0.15, 0.2) is 84.9 Å². The highest BCUT2D eigenvalue weighted by Gasteiger charge is 2.36. The Kier molecular flexibility index (Phi) is 13.7.